The van der Waals surface area contributed by atoms with Crippen molar-refractivity contribution in [1.29, 1.82) is 0 Å². The Bertz CT molecular complexity index is 910. The molecular formula is C26H33N3O3. The van der Waals surface area contributed by atoms with Crippen LogP contribution in [0, 0.1) is 5.92 Å². The van der Waals surface area contributed by atoms with Crippen molar-refractivity contribution >= 4 is 11.8 Å². The Morgan fingerprint density at radius 1 is 0.906 bits per heavy atom. The molecule has 6 heteroatoms. The predicted octanol–water partition coefficient (Wildman–Crippen LogP) is 2.81. The SMILES string of the molecule is O=C(NCc1ccccc1CN1CCC[C@@H]1CO)C1CCN(C(=O)c2ccccc2)CC1. The number of amides is 2. The van der Waals surface area contributed by atoms with Gasteiger partial charge in [0.2, 0.25) is 5.91 Å². The molecule has 0 radical (unpaired) electrons. The lowest BCUT2D eigenvalue weighted by Crippen LogP contribution is -2.43. The summed E-state index contributed by atoms with van der Waals surface area (Å²) < 4.78 is 0. The minimum absolute atomic E-state index is 0.0430. The second-order valence-electron chi connectivity index (χ2n) is 8.87. The molecule has 32 heavy (non-hydrogen) atoms. The van der Waals surface area contributed by atoms with Crippen molar-refractivity contribution in [2.24, 2.45) is 5.92 Å². The van der Waals surface area contributed by atoms with Gasteiger partial charge in [0.15, 0.2) is 0 Å². The van der Waals surface area contributed by atoms with Crippen molar-refractivity contribution in [2.75, 3.05) is 26.2 Å². The third kappa shape index (κ3) is 5.37. The second kappa shape index (κ2) is 10.7. The van der Waals surface area contributed by atoms with Crippen molar-refractivity contribution in [3.63, 3.8) is 0 Å². The summed E-state index contributed by atoms with van der Waals surface area (Å²) in [5.74, 6) is 0.0573. The summed E-state index contributed by atoms with van der Waals surface area (Å²) in [6.45, 7) is 3.74. The van der Waals surface area contributed by atoms with Crippen molar-refractivity contribution in [1.82, 2.24) is 15.1 Å². The number of piperidine rings is 1. The molecule has 2 amide bonds. The van der Waals surface area contributed by atoms with Gasteiger partial charge in [0, 0.05) is 43.7 Å². The van der Waals surface area contributed by atoms with Crippen molar-refractivity contribution in [2.45, 2.75) is 44.8 Å². The number of nitrogens with one attached hydrogen (secondary N) is 1. The molecule has 0 saturated carbocycles. The van der Waals surface area contributed by atoms with Gasteiger partial charge in [-0.3, -0.25) is 14.5 Å². The highest BCUT2D eigenvalue weighted by molar-refractivity contribution is 5.94. The lowest BCUT2D eigenvalue weighted by Gasteiger charge is -2.31. The molecule has 0 aromatic heterocycles. The van der Waals surface area contributed by atoms with Crippen LogP contribution in [0.4, 0.5) is 0 Å². The number of aliphatic hydroxyl groups is 1. The summed E-state index contributed by atoms with van der Waals surface area (Å²) in [7, 11) is 0. The van der Waals surface area contributed by atoms with Gasteiger partial charge in [0.25, 0.3) is 5.91 Å². The Labute approximate surface area is 190 Å². The molecule has 0 unspecified atom stereocenters. The zero-order valence-electron chi connectivity index (χ0n) is 18.6. The van der Waals surface area contributed by atoms with Gasteiger partial charge in [-0.05, 0) is 55.5 Å². The van der Waals surface area contributed by atoms with Crippen molar-refractivity contribution in [3.8, 4) is 0 Å². The molecule has 0 bridgehead atoms. The van der Waals surface area contributed by atoms with Crippen LogP contribution in [0.3, 0.4) is 0 Å². The van der Waals surface area contributed by atoms with Gasteiger partial charge in [-0.2, -0.15) is 0 Å². The van der Waals surface area contributed by atoms with E-state index in [1.165, 1.54) is 5.56 Å². The lowest BCUT2D eigenvalue weighted by molar-refractivity contribution is -0.126. The first-order chi connectivity index (χ1) is 15.7. The van der Waals surface area contributed by atoms with Gasteiger partial charge in [-0.1, -0.05) is 42.5 Å². The fourth-order valence-electron chi connectivity index (χ4n) is 4.85. The van der Waals surface area contributed by atoms with E-state index >= 15 is 0 Å². The minimum atomic E-state index is -0.0562. The molecule has 2 heterocycles. The molecule has 1 atom stereocenters. The molecule has 0 spiro atoms. The third-order valence-corrected chi connectivity index (χ3v) is 6.83. The van der Waals surface area contributed by atoms with E-state index in [0.29, 0.717) is 38.0 Å². The molecule has 2 aromatic rings. The van der Waals surface area contributed by atoms with E-state index in [4.69, 9.17) is 0 Å². The molecule has 4 rings (SSSR count). The summed E-state index contributed by atoms with van der Waals surface area (Å²) in [6.07, 6.45) is 3.55. The Balaban J connectivity index is 1.28. The van der Waals surface area contributed by atoms with Gasteiger partial charge in [-0.15, -0.1) is 0 Å². The van der Waals surface area contributed by atoms with E-state index in [0.717, 1.165) is 31.5 Å². The van der Waals surface area contributed by atoms with Crippen LogP contribution in [0.2, 0.25) is 0 Å². The first kappa shape index (κ1) is 22.5. The highest BCUT2D eigenvalue weighted by Gasteiger charge is 2.28. The van der Waals surface area contributed by atoms with Gasteiger partial charge >= 0.3 is 0 Å². The Morgan fingerprint density at radius 2 is 1.59 bits per heavy atom. The van der Waals surface area contributed by atoms with E-state index in [2.05, 4.69) is 22.3 Å². The molecule has 2 saturated heterocycles. The van der Waals surface area contributed by atoms with E-state index in [1.807, 2.05) is 47.4 Å². The molecule has 2 aliphatic rings. The maximum Gasteiger partial charge on any atom is 0.253 e. The highest BCUT2D eigenvalue weighted by atomic mass is 16.3. The summed E-state index contributed by atoms with van der Waals surface area (Å²) in [5.41, 5.74) is 3.03. The van der Waals surface area contributed by atoms with Crippen LogP contribution in [0.1, 0.15) is 47.2 Å². The predicted molar refractivity (Wildman–Crippen MR) is 124 cm³/mol. The highest BCUT2D eigenvalue weighted by Crippen LogP contribution is 2.22. The van der Waals surface area contributed by atoms with E-state index in [-0.39, 0.29) is 30.4 Å². The first-order valence-corrected chi connectivity index (χ1v) is 11.7. The molecule has 2 fully saturated rings. The third-order valence-electron chi connectivity index (χ3n) is 6.83. The van der Waals surface area contributed by atoms with E-state index in [1.54, 1.807) is 0 Å². The van der Waals surface area contributed by atoms with Gasteiger partial charge < -0.3 is 15.3 Å². The summed E-state index contributed by atoms with van der Waals surface area (Å²) in [5, 5.41) is 12.7. The second-order valence-corrected chi connectivity index (χ2v) is 8.87. The van der Waals surface area contributed by atoms with E-state index in [9.17, 15) is 14.7 Å². The van der Waals surface area contributed by atoms with Crippen LogP contribution < -0.4 is 5.32 Å². The van der Waals surface area contributed by atoms with Crippen molar-refractivity contribution in [3.05, 3.63) is 71.3 Å². The normalized spacial score (nSPS) is 19.8. The number of likely N-dealkylation sites (tertiary alicyclic amines) is 2. The molecule has 2 aromatic carbocycles. The quantitative estimate of drug-likeness (QED) is 0.702. The smallest absolute Gasteiger partial charge is 0.253 e. The van der Waals surface area contributed by atoms with E-state index < -0.39 is 0 Å². The number of rotatable bonds is 7. The lowest BCUT2D eigenvalue weighted by atomic mass is 9.95. The largest absolute Gasteiger partial charge is 0.395 e. The number of aliphatic hydroxyl groups excluding tert-OH is 1. The van der Waals surface area contributed by atoms with Crippen LogP contribution in [-0.2, 0) is 17.9 Å². The number of carbonyl (C=O) groups is 2. The number of carbonyl (C=O) groups excluding carboxylic acids is 2. The topological polar surface area (TPSA) is 72.9 Å². The summed E-state index contributed by atoms with van der Waals surface area (Å²) in [4.78, 5) is 29.6. The summed E-state index contributed by atoms with van der Waals surface area (Å²) >= 11 is 0. The molecule has 0 aliphatic carbocycles. The van der Waals surface area contributed by atoms with Gasteiger partial charge in [0.05, 0.1) is 6.61 Å². The fourth-order valence-corrected chi connectivity index (χ4v) is 4.85. The number of hydrogen-bond acceptors (Lipinski definition) is 4. The number of benzene rings is 2. The van der Waals surface area contributed by atoms with Crippen LogP contribution in [-0.4, -0.2) is 59.0 Å². The van der Waals surface area contributed by atoms with Crippen LogP contribution in [0.5, 0.6) is 0 Å². The molecular weight excluding hydrogens is 402 g/mol. The summed E-state index contributed by atoms with van der Waals surface area (Å²) in [6, 6.07) is 17.8. The van der Waals surface area contributed by atoms with Gasteiger partial charge in [-0.25, -0.2) is 0 Å². The molecule has 2 N–H and O–H groups in total. The van der Waals surface area contributed by atoms with Crippen LogP contribution in [0.25, 0.3) is 0 Å². The molecule has 6 nitrogen and oxygen atoms in total. The Hall–Kier alpha value is -2.70. The van der Waals surface area contributed by atoms with Crippen LogP contribution >= 0.6 is 0 Å². The Kier molecular flexibility index (Phi) is 7.55. The monoisotopic (exact) mass is 435 g/mol. The Morgan fingerprint density at radius 3 is 2.31 bits per heavy atom. The minimum Gasteiger partial charge on any atom is -0.395 e. The fraction of sp³-hybridized carbons (Fsp3) is 0.462. The first-order valence-electron chi connectivity index (χ1n) is 11.7. The number of hydrogen-bond donors (Lipinski definition) is 2. The average molecular weight is 436 g/mol. The zero-order chi connectivity index (χ0) is 22.3. The maximum atomic E-state index is 12.8. The van der Waals surface area contributed by atoms with Crippen molar-refractivity contribution < 1.29 is 14.7 Å². The zero-order valence-corrected chi connectivity index (χ0v) is 18.6. The number of nitrogens with zero attached hydrogens (tertiary/aromatic N) is 2. The molecule has 2 aliphatic heterocycles. The maximum absolute atomic E-state index is 12.8. The standard InChI is InChI=1S/C26H33N3O3/c30-19-24-11-6-14-29(24)18-23-10-5-4-9-22(23)17-27-25(31)20-12-15-28(16-13-20)26(32)21-7-2-1-3-8-21/h1-5,7-10,20,24,30H,6,11-19H2,(H,27,31)/t24-/m1/s1. The van der Waals surface area contributed by atoms with Crippen LogP contribution in [0.15, 0.2) is 54.6 Å². The molecule has 170 valence electrons. The van der Waals surface area contributed by atoms with Gasteiger partial charge in [0.1, 0.15) is 0 Å². The average Bonchev–Trinajstić information content (AvgIpc) is 3.30.